The molecule has 0 bridgehead atoms. The number of hydrogen-bond donors (Lipinski definition) is 0. The molecular formula is C9H15NO4. The lowest BCUT2D eigenvalue weighted by Gasteiger charge is -1.93. The standard InChI is InChI=1S/C5H9N.C4H6O4/c1-3-5(2)4-6;1-3(5)7-8-4(2)6/h5H,3H2,1-2H3;1-2H3. The summed E-state index contributed by atoms with van der Waals surface area (Å²) >= 11 is 0. The number of carbonyl (C=O) groups excluding carboxylic acids is 2. The van der Waals surface area contributed by atoms with E-state index >= 15 is 0 Å². The molecule has 0 fully saturated rings. The molecule has 80 valence electrons. The third-order valence-electron chi connectivity index (χ3n) is 1.11. The highest BCUT2D eigenvalue weighted by Gasteiger charge is 1.95. The first-order valence-corrected chi connectivity index (χ1v) is 4.19. The summed E-state index contributed by atoms with van der Waals surface area (Å²) in [6, 6.07) is 2.11. The van der Waals surface area contributed by atoms with E-state index in [0.29, 0.717) is 0 Å². The molecule has 0 saturated carbocycles. The highest BCUT2D eigenvalue weighted by molar-refractivity contribution is 5.69. The first-order chi connectivity index (χ1) is 6.43. The average molecular weight is 201 g/mol. The zero-order chi connectivity index (χ0) is 11.6. The van der Waals surface area contributed by atoms with E-state index in [-0.39, 0.29) is 5.92 Å². The molecule has 5 nitrogen and oxygen atoms in total. The molecule has 0 aromatic rings. The minimum atomic E-state index is -0.639. The van der Waals surface area contributed by atoms with Gasteiger partial charge in [-0.25, -0.2) is 19.4 Å². The Morgan fingerprint density at radius 3 is 1.71 bits per heavy atom. The summed E-state index contributed by atoms with van der Waals surface area (Å²) in [5.74, 6) is -1.04. The van der Waals surface area contributed by atoms with E-state index in [4.69, 9.17) is 5.26 Å². The monoisotopic (exact) mass is 201 g/mol. The van der Waals surface area contributed by atoms with Crippen molar-refractivity contribution in [1.29, 1.82) is 5.26 Å². The van der Waals surface area contributed by atoms with E-state index < -0.39 is 11.9 Å². The number of nitrogens with zero attached hydrogens (tertiary/aromatic N) is 1. The van der Waals surface area contributed by atoms with Crippen LogP contribution in [0.4, 0.5) is 0 Å². The second-order valence-corrected chi connectivity index (χ2v) is 2.59. The van der Waals surface area contributed by atoms with E-state index in [1.54, 1.807) is 0 Å². The quantitative estimate of drug-likeness (QED) is 0.475. The molecule has 0 aliphatic carbocycles. The van der Waals surface area contributed by atoms with Gasteiger partial charge in [-0.3, -0.25) is 0 Å². The molecule has 0 heterocycles. The molecule has 0 spiro atoms. The molecule has 1 unspecified atom stereocenters. The van der Waals surface area contributed by atoms with Gasteiger partial charge in [0.1, 0.15) is 0 Å². The molecule has 5 heteroatoms. The van der Waals surface area contributed by atoms with E-state index in [2.05, 4.69) is 15.8 Å². The van der Waals surface area contributed by atoms with Gasteiger partial charge in [0.05, 0.1) is 6.07 Å². The molecule has 0 aromatic carbocycles. The lowest BCUT2D eigenvalue weighted by atomic mass is 10.2. The summed E-state index contributed by atoms with van der Waals surface area (Å²) in [7, 11) is 0. The fraction of sp³-hybridized carbons (Fsp3) is 0.667. The van der Waals surface area contributed by atoms with Crippen LogP contribution < -0.4 is 0 Å². The van der Waals surface area contributed by atoms with Crippen molar-refractivity contribution >= 4 is 11.9 Å². The first-order valence-electron chi connectivity index (χ1n) is 4.19. The normalized spacial score (nSPS) is 9.93. The minimum Gasteiger partial charge on any atom is -0.248 e. The summed E-state index contributed by atoms with van der Waals surface area (Å²) in [6.07, 6.45) is 0.969. The maximum Gasteiger partial charge on any atom is 0.352 e. The van der Waals surface area contributed by atoms with Gasteiger partial charge in [0.25, 0.3) is 0 Å². The van der Waals surface area contributed by atoms with Crippen LogP contribution in [0.5, 0.6) is 0 Å². The Morgan fingerprint density at radius 2 is 1.64 bits per heavy atom. The van der Waals surface area contributed by atoms with Crippen molar-refractivity contribution in [2.24, 2.45) is 5.92 Å². The Morgan fingerprint density at radius 1 is 1.29 bits per heavy atom. The average Bonchev–Trinajstić information content (AvgIpc) is 2.14. The molecule has 0 aliphatic heterocycles. The third-order valence-corrected chi connectivity index (χ3v) is 1.11. The van der Waals surface area contributed by atoms with E-state index in [1.807, 2.05) is 13.8 Å². The lowest BCUT2D eigenvalue weighted by molar-refractivity contribution is -0.255. The second kappa shape index (κ2) is 9.52. The Hall–Kier alpha value is -1.57. The van der Waals surface area contributed by atoms with Crippen molar-refractivity contribution in [3.63, 3.8) is 0 Å². The molecule has 0 rings (SSSR count). The molecule has 0 N–H and O–H groups in total. The van der Waals surface area contributed by atoms with Crippen molar-refractivity contribution in [3.05, 3.63) is 0 Å². The fourth-order valence-electron chi connectivity index (χ4n) is 0.209. The summed E-state index contributed by atoms with van der Waals surface area (Å²) in [5.41, 5.74) is 0. The van der Waals surface area contributed by atoms with Crippen LogP contribution in [0.25, 0.3) is 0 Å². The van der Waals surface area contributed by atoms with Gasteiger partial charge in [-0.1, -0.05) is 6.92 Å². The fourth-order valence-corrected chi connectivity index (χ4v) is 0.209. The van der Waals surface area contributed by atoms with Crippen LogP contribution in [-0.4, -0.2) is 11.9 Å². The number of hydrogen-bond acceptors (Lipinski definition) is 5. The van der Waals surface area contributed by atoms with Crippen LogP contribution in [0, 0.1) is 17.2 Å². The summed E-state index contributed by atoms with van der Waals surface area (Å²) in [5, 5.41) is 8.08. The Labute approximate surface area is 83.5 Å². The van der Waals surface area contributed by atoms with Crippen LogP contribution in [0.2, 0.25) is 0 Å². The van der Waals surface area contributed by atoms with E-state index in [9.17, 15) is 9.59 Å². The molecule has 1 atom stereocenters. The van der Waals surface area contributed by atoms with Crippen LogP contribution in [0.15, 0.2) is 0 Å². The Kier molecular flexibility index (Phi) is 10.1. The number of rotatable bonds is 1. The van der Waals surface area contributed by atoms with Crippen molar-refractivity contribution in [3.8, 4) is 6.07 Å². The summed E-state index contributed by atoms with van der Waals surface area (Å²) in [6.45, 7) is 6.21. The second-order valence-electron chi connectivity index (χ2n) is 2.59. The largest absolute Gasteiger partial charge is 0.352 e. The van der Waals surface area contributed by atoms with E-state index in [1.165, 1.54) is 0 Å². The molecule has 0 amide bonds. The maximum absolute atomic E-state index is 9.85. The van der Waals surface area contributed by atoms with Gasteiger partial charge in [-0.15, -0.1) is 0 Å². The van der Waals surface area contributed by atoms with Crippen molar-refractivity contribution in [1.82, 2.24) is 0 Å². The van der Waals surface area contributed by atoms with Crippen LogP contribution >= 0.6 is 0 Å². The predicted molar refractivity (Wildman–Crippen MR) is 48.6 cm³/mol. The van der Waals surface area contributed by atoms with Crippen LogP contribution in [0.1, 0.15) is 34.1 Å². The minimum absolute atomic E-state index is 0.241. The first kappa shape index (κ1) is 14.9. The van der Waals surface area contributed by atoms with Gasteiger partial charge in [0.15, 0.2) is 0 Å². The van der Waals surface area contributed by atoms with Crippen molar-refractivity contribution < 1.29 is 19.4 Å². The van der Waals surface area contributed by atoms with Gasteiger partial charge in [-0.05, 0) is 13.3 Å². The summed E-state index contributed by atoms with van der Waals surface area (Å²) in [4.78, 5) is 27.3. The van der Waals surface area contributed by atoms with Gasteiger partial charge >= 0.3 is 11.9 Å². The molecule has 0 radical (unpaired) electrons. The van der Waals surface area contributed by atoms with Crippen molar-refractivity contribution in [2.75, 3.05) is 0 Å². The highest BCUT2D eigenvalue weighted by Crippen LogP contribution is 1.94. The number of carbonyl (C=O) groups is 2. The Balaban J connectivity index is 0. The van der Waals surface area contributed by atoms with Gasteiger partial charge in [0.2, 0.25) is 0 Å². The topological polar surface area (TPSA) is 76.4 Å². The Bertz CT molecular complexity index is 205. The highest BCUT2D eigenvalue weighted by atomic mass is 17.2. The molecule has 0 aromatic heterocycles. The third kappa shape index (κ3) is 16.8. The maximum atomic E-state index is 9.85. The van der Waals surface area contributed by atoms with Crippen LogP contribution in [0.3, 0.4) is 0 Å². The zero-order valence-electron chi connectivity index (χ0n) is 8.86. The number of nitriles is 1. The van der Waals surface area contributed by atoms with Crippen LogP contribution in [-0.2, 0) is 19.4 Å². The summed E-state index contributed by atoms with van der Waals surface area (Å²) < 4.78 is 0. The zero-order valence-corrected chi connectivity index (χ0v) is 8.86. The molecule has 14 heavy (non-hydrogen) atoms. The van der Waals surface area contributed by atoms with Crippen molar-refractivity contribution in [2.45, 2.75) is 34.1 Å². The van der Waals surface area contributed by atoms with Gasteiger partial charge in [-0.2, -0.15) is 5.26 Å². The smallest absolute Gasteiger partial charge is 0.248 e. The molecule has 0 aliphatic rings. The predicted octanol–water partition coefficient (Wildman–Crippen LogP) is 1.58. The molecular weight excluding hydrogens is 186 g/mol. The SMILES string of the molecule is CC(=O)OOC(C)=O.CCC(C)C#N. The molecule has 0 saturated heterocycles. The van der Waals surface area contributed by atoms with E-state index in [0.717, 1.165) is 20.3 Å². The van der Waals surface area contributed by atoms with Gasteiger partial charge in [0, 0.05) is 19.8 Å². The van der Waals surface area contributed by atoms with Gasteiger partial charge < -0.3 is 0 Å². The lowest BCUT2D eigenvalue weighted by Crippen LogP contribution is -2.03.